The minimum absolute atomic E-state index is 0. The van der Waals surface area contributed by atoms with Crippen molar-refractivity contribution in [2.75, 3.05) is 0 Å². The van der Waals surface area contributed by atoms with Gasteiger partial charge in [-0.25, -0.2) is 6.07 Å². The molecule has 2 aromatic rings. The van der Waals surface area contributed by atoms with Crippen LogP contribution in [-0.2, 0) is 39.1 Å². The molecule has 0 fully saturated rings. The fraction of sp³-hybridized carbons (Fsp3) is 0.478. The summed E-state index contributed by atoms with van der Waals surface area (Å²) in [5.74, 6) is 1.09. The first-order chi connectivity index (χ1) is 12.7. The van der Waals surface area contributed by atoms with Crippen LogP contribution < -0.4 is 0 Å². The summed E-state index contributed by atoms with van der Waals surface area (Å²) in [6.45, 7) is 2.20. The summed E-state index contributed by atoms with van der Waals surface area (Å²) in [5, 5.41) is 13.6. The summed E-state index contributed by atoms with van der Waals surface area (Å²) in [4.78, 5) is 1.43. The Kier molecular flexibility index (Phi) is 10.5. The molecule has 1 aromatic carbocycles. The first kappa shape index (κ1) is 23.5. The molecule has 4 heteroatoms. The molecule has 1 radical (unpaired) electrons. The third-order valence-electron chi connectivity index (χ3n) is 5.43. The van der Waals surface area contributed by atoms with Crippen LogP contribution in [0.15, 0.2) is 47.0 Å². The third-order valence-corrected chi connectivity index (χ3v) is 7.11. The van der Waals surface area contributed by atoms with Crippen molar-refractivity contribution in [2.24, 2.45) is 5.92 Å². The van der Waals surface area contributed by atoms with E-state index in [0.717, 1.165) is 31.2 Å². The molecule has 0 amide bonds. The Morgan fingerprint density at radius 1 is 1.22 bits per heavy atom. The van der Waals surface area contributed by atoms with E-state index >= 15 is 0 Å². The van der Waals surface area contributed by atoms with Gasteiger partial charge < -0.3 is 16.4 Å². The number of halogens is 1. The van der Waals surface area contributed by atoms with Gasteiger partial charge in [0.05, 0.1) is 6.10 Å². The Balaban J connectivity index is 0.00000261. The van der Waals surface area contributed by atoms with Gasteiger partial charge in [-0.1, -0.05) is 85.3 Å². The smallest absolute Gasteiger partial charge is 0.0790 e. The van der Waals surface area contributed by atoms with Gasteiger partial charge >= 0.3 is 0 Å². The van der Waals surface area contributed by atoms with Crippen molar-refractivity contribution in [2.45, 2.75) is 63.9 Å². The maximum absolute atomic E-state index is 10.4. The molecule has 1 aliphatic rings. The number of hydrogen-bond donors (Lipinski definition) is 1. The van der Waals surface area contributed by atoms with E-state index in [2.05, 4.69) is 64.6 Å². The van der Waals surface area contributed by atoms with Crippen molar-refractivity contribution in [1.29, 1.82) is 0 Å². The van der Waals surface area contributed by atoms with Gasteiger partial charge in [0, 0.05) is 38.6 Å². The second kappa shape index (κ2) is 12.0. The molecule has 1 aliphatic carbocycles. The molecule has 1 aromatic heterocycles. The zero-order valence-corrected chi connectivity index (χ0v) is 21.3. The molecule has 1 nitrogen and oxygen atoms in total. The van der Waals surface area contributed by atoms with Crippen LogP contribution in [0, 0.1) is 11.3 Å². The number of unbranched alkanes of at least 4 members (excludes halogenated alkanes) is 2. The second-order valence-corrected chi connectivity index (χ2v) is 9.18. The number of aliphatic hydroxyl groups is 1. The molecule has 0 saturated carbocycles. The Labute approximate surface area is 201 Å². The molecule has 3 rings (SSSR count). The van der Waals surface area contributed by atoms with Crippen molar-refractivity contribution in [1.82, 2.24) is 0 Å². The first-order valence-corrected chi connectivity index (χ1v) is 11.4. The summed E-state index contributed by atoms with van der Waals surface area (Å²) >= 11 is 5.53. The van der Waals surface area contributed by atoms with Crippen molar-refractivity contribution in [3.63, 3.8) is 0 Å². The number of rotatable bonds is 9. The summed E-state index contributed by atoms with van der Waals surface area (Å²) in [6.07, 6.45) is 9.83. The average Bonchev–Trinajstić information content (AvgIpc) is 3.30. The maximum Gasteiger partial charge on any atom is 0.0790 e. The molecule has 0 bridgehead atoms. The maximum atomic E-state index is 10.4. The van der Waals surface area contributed by atoms with Gasteiger partial charge in [-0.15, -0.1) is 10.3 Å². The van der Waals surface area contributed by atoms with E-state index in [9.17, 15) is 5.11 Å². The molecular weight excluding hydrogens is 493 g/mol. The normalized spacial score (nSPS) is 20.2. The number of aliphatic hydroxyl groups excluding tert-OH is 1. The van der Waals surface area contributed by atoms with Gasteiger partial charge in [-0.2, -0.15) is 6.07 Å². The van der Waals surface area contributed by atoms with Gasteiger partial charge in [-0.05, 0) is 34.4 Å². The topological polar surface area (TPSA) is 20.2 Å². The number of hydrogen-bond acceptors (Lipinski definition) is 2. The summed E-state index contributed by atoms with van der Waals surface area (Å²) in [6, 6.07) is 12.9. The summed E-state index contributed by atoms with van der Waals surface area (Å²) in [7, 11) is 0. The zero-order valence-electron chi connectivity index (χ0n) is 16.0. The van der Waals surface area contributed by atoms with Crippen LogP contribution in [0.1, 0.15) is 73.5 Å². The van der Waals surface area contributed by atoms with Crippen molar-refractivity contribution >= 4 is 27.3 Å². The van der Waals surface area contributed by atoms with Gasteiger partial charge in [0.25, 0.3) is 0 Å². The molecule has 1 N–H and O–H groups in total. The van der Waals surface area contributed by atoms with Crippen molar-refractivity contribution in [3.05, 3.63) is 68.3 Å². The van der Waals surface area contributed by atoms with E-state index in [1.807, 2.05) is 6.07 Å². The average molecular weight is 521 g/mol. The predicted molar refractivity (Wildman–Crippen MR) is 115 cm³/mol. The standard InChI is InChI=1S/C23H28BrOS.Y/c1-2-3-4-7-22(25)17-8-10-18(11-9-17)23-19(13-15-21(23)24)12-14-20-6-5-16-26-20;/h5-6,8-11,15,19,22-23,25H,2-4,7,12-14H2,1H3;/q-1;/t19-,22?,23?;/m0./s1. The van der Waals surface area contributed by atoms with E-state index in [-0.39, 0.29) is 38.8 Å². The molecule has 0 spiro atoms. The molecule has 3 atom stereocenters. The van der Waals surface area contributed by atoms with E-state index < -0.39 is 0 Å². The van der Waals surface area contributed by atoms with Crippen LogP contribution in [0.5, 0.6) is 0 Å². The number of allylic oxidation sites excluding steroid dienone is 2. The second-order valence-electron chi connectivity index (χ2n) is 7.30. The van der Waals surface area contributed by atoms with E-state index in [4.69, 9.17) is 0 Å². The van der Waals surface area contributed by atoms with E-state index in [1.54, 1.807) is 11.3 Å². The Bertz CT molecular complexity index is 696. The minimum Gasteiger partial charge on any atom is -0.388 e. The molecule has 0 saturated heterocycles. The van der Waals surface area contributed by atoms with Crippen LogP contribution in [0.4, 0.5) is 0 Å². The van der Waals surface area contributed by atoms with Gasteiger partial charge in [0.1, 0.15) is 0 Å². The van der Waals surface area contributed by atoms with Crippen LogP contribution in [0.2, 0.25) is 0 Å². The zero-order chi connectivity index (χ0) is 18.4. The van der Waals surface area contributed by atoms with Crippen molar-refractivity contribution in [3.8, 4) is 0 Å². The molecule has 2 unspecified atom stereocenters. The van der Waals surface area contributed by atoms with Gasteiger partial charge in [-0.3, -0.25) is 0 Å². The number of benzene rings is 1. The molecular formula is C23H28BrOSY-. The van der Waals surface area contributed by atoms with Crippen LogP contribution >= 0.6 is 27.3 Å². The number of aryl methyl sites for hydroxylation is 1. The fourth-order valence-corrected chi connectivity index (χ4v) is 5.35. The summed E-state index contributed by atoms with van der Waals surface area (Å²) in [5.41, 5.74) is 2.41. The van der Waals surface area contributed by atoms with Gasteiger partial charge in [0.15, 0.2) is 0 Å². The minimum atomic E-state index is -0.330. The molecule has 143 valence electrons. The van der Waals surface area contributed by atoms with Crippen molar-refractivity contribution < 1.29 is 37.8 Å². The first-order valence-electron chi connectivity index (χ1n) is 9.77. The van der Waals surface area contributed by atoms with Crippen LogP contribution in [-0.4, -0.2) is 5.11 Å². The quantitative estimate of drug-likeness (QED) is 0.274. The van der Waals surface area contributed by atoms with Crippen LogP contribution in [0.25, 0.3) is 0 Å². The van der Waals surface area contributed by atoms with E-state index in [0.29, 0.717) is 11.8 Å². The Morgan fingerprint density at radius 3 is 2.67 bits per heavy atom. The predicted octanol–water partition coefficient (Wildman–Crippen LogP) is 7.17. The molecule has 27 heavy (non-hydrogen) atoms. The van der Waals surface area contributed by atoms with Crippen LogP contribution in [0.3, 0.4) is 0 Å². The third kappa shape index (κ3) is 6.61. The molecule has 0 aliphatic heterocycles. The van der Waals surface area contributed by atoms with E-state index in [1.165, 1.54) is 34.2 Å². The Morgan fingerprint density at radius 2 is 2.00 bits per heavy atom. The molecule has 1 heterocycles. The SMILES string of the molecule is CCCCCC(O)c1ccc(C2C(Br)=CC[C@@H]2CCc2cc[c-]s2)cc1.[Y]. The summed E-state index contributed by atoms with van der Waals surface area (Å²) < 4.78 is 1.32. The monoisotopic (exact) mass is 520 g/mol. The Hall–Kier alpha value is 0.204. The largest absolute Gasteiger partial charge is 0.388 e. The van der Waals surface area contributed by atoms with Gasteiger partial charge in [0.2, 0.25) is 0 Å². The number of thiophene rings is 1. The fourth-order valence-electron chi connectivity index (χ4n) is 3.88.